The molecule has 3 atom stereocenters. The number of nitrogens with zero attached hydrogens (tertiary/aromatic N) is 1. The molecule has 5 nitrogen and oxygen atoms in total. The average Bonchev–Trinajstić information content (AvgIpc) is 2.45. The van der Waals surface area contributed by atoms with Gasteiger partial charge in [-0.25, -0.2) is 4.79 Å². The minimum Gasteiger partial charge on any atom is -0.444 e. The summed E-state index contributed by atoms with van der Waals surface area (Å²) in [6.45, 7) is 12.9. The van der Waals surface area contributed by atoms with Gasteiger partial charge in [0.1, 0.15) is 5.60 Å². The number of amides is 1. The van der Waals surface area contributed by atoms with Gasteiger partial charge in [-0.1, -0.05) is 20.3 Å². The van der Waals surface area contributed by atoms with Crippen LogP contribution in [-0.2, 0) is 9.47 Å². The van der Waals surface area contributed by atoms with Gasteiger partial charge in [-0.3, -0.25) is 4.90 Å². The van der Waals surface area contributed by atoms with Crippen molar-refractivity contribution in [2.75, 3.05) is 26.3 Å². The molecule has 0 aromatic carbocycles. The van der Waals surface area contributed by atoms with E-state index in [2.05, 4.69) is 19.2 Å². The first-order valence-electron chi connectivity index (χ1n) is 9.08. The van der Waals surface area contributed by atoms with Crippen LogP contribution in [0.25, 0.3) is 0 Å². The van der Waals surface area contributed by atoms with Gasteiger partial charge in [-0.05, 0) is 45.4 Å². The van der Waals surface area contributed by atoms with Crippen molar-refractivity contribution >= 4 is 6.09 Å². The molecule has 0 bridgehead atoms. The minimum atomic E-state index is -0.459. The van der Waals surface area contributed by atoms with Crippen molar-refractivity contribution in [3.05, 3.63) is 0 Å². The SMILES string of the molecule is CC1CCCC(C)C1NCC1COCCN1C(=O)OC(C)(C)C. The van der Waals surface area contributed by atoms with Crippen molar-refractivity contribution in [1.29, 1.82) is 0 Å². The Morgan fingerprint density at radius 1 is 1.26 bits per heavy atom. The van der Waals surface area contributed by atoms with Crippen molar-refractivity contribution in [3.63, 3.8) is 0 Å². The van der Waals surface area contributed by atoms with E-state index < -0.39 is 5.60 Å². The predicted molar refractivity (Wildman–Crippen MR) is 91.5 cm³/mol. The molecule has 2 rings (SSSR count). The minimum absolute atomic E-state index is 0.0555. The molecule has 1 saturated heterocycles. The third kappa shape index (κ3) is 5.35. The van der Waals surface area contributed by atoms with Crippen LogP contribution in [0.2, 0.25) is 0 Å². The topological polar surface area (TPSA) is 50.8 Å². The molecule has 3 unspecified atom stereocenters. The Morgan fingerprint density at radius 3 is 2.52 bits per heavy atom. The molecule has 23 heavy (non-hydrogen) atoms. The lowest BCUT2D eigenvalue weighted by molar-refractivity contribution is -0.0331. The van der Waals surface area contributed by atoms with Crippen LogP contribution in [0.4, 0.5) is 4.79 Å². The molecule has 1 N–H and O–H groups in total. The highest BCUT2D eigenvalue weighted by molar-refractivity contribution is 5.68. The van der Waals surface area contributed by atoms with Crippen molar-refractivity contribution in [1.82, 2.24) is 10.2 Å². The molecule has 1 aliphatic heterocycles. The number of hydrogen-bond donors (Lipinski definition) is 1. The summed E-state index contributed by atoms with van der Waals surface area (Å²) in [5, 5.41) is 3.71. The fourth-order valence-electron chi connectivity index (χ4n) is 3.74. The van der Waals surface area contributed by atoms with Crippen LogP contribution in [0.1, 0.15) is 53.9 Å². The van der Waals surface area contributed by atoms with Crippen molar-refractivity contribution in [2.45, 2.75) is 71.6 Å². The van der Waals surface area contributed by atoms with Gasteiger partial charge in [0.05, 0.1) is 19.3 Å². The van der Waals surface area contributed by atoms with Crippen LogP contribution in [-0.4, -0.2) is 55.0 Å². The van der Waals surface area contributed by atoms with E-state index in [1.807, 2.05) is 25.7 Å². The molecule has 1 amide bonds. The third-order valence-corrected chi connectivity index (χ3v) is 4.99. The average molecular weight is 326 g/mol. The van der Waals surface area contributed by atoms with E-state index in [9.17, 15) is 4.79 Å². The molecule has 1 heterocycles. The second-order valence-corrected chi connectivity index (χ2v) is 8.22. The summed E-state index contributed by atoms with van der Waals surface area (Å²) in [5.41, 5.74) is -0.459. The number of hydrogen-bond acceptors (Lipinski definition) is 4. The molecule has 0 radical (unpaired) electrons. The van der Waals surface area contributed by atoms with E-state index in [1.165, 1.54) is 19.3 Å². The number of nitrogens with one attached hydrogen (secondary N) is 1. The second-order valence-electron chi connectivity index (χ2n) is 8.22. The Bertz CT molecular complexity index is 384. The van der Waals surface area contributed by atoms with Crippen LogP contribution in [0.5, 0.6) is 0 Å². The lowest BCUT2D eigenvalue weighted by Gasteiger charge is -2.40. The molecule has 134 valence electrons. The monoisotopic (exact) mass is 326 g/mol. The van der Waals surface area contributed by atoms with Gasteiger partial charge in [-0.2, -0.15) is 0 Å². The highest BCUT2D eigenvalue weighted by atomic mass is 16.6. The Hall–Kier alpha value is -0.810. The zero-order valence-corrected chi connectivity index (χ0v) is 15.4. The number of rotatable bonds is 3. The lowest BCUT2D eigenvalue weighted by Crippen LogP contribution is -2.56. The normalized spacial score (nSPS) is 32.7. The second kappa shape index (κ2) is 7.84. The molecule has 5 heteroatoms. The Labute approximate surface area is 141 Å². The first-order chi connectivity index (χ1) is 10.8. The Balaban J connectivity index is 1.92. The van der Waals surface area contributed by atoms with Crippen molar-refractivity contribution < 1.29 is 14.3 Å². The van der Waals surface area contributed by atoms with Crippen LogP contribution >= 0.6 is 0 Å². The molecule has 1 aliphatic carbocycles. The molecule has 0 aromatic rings. The number of carbonyl (C=O) groups excluding carboxylic acids is 1. The van der Waals surface area contributed by atoms with Gasteiger partial charge in [0, 0.05) is 19.1 Å². The summed E-state index contributed by atoms with van der Waals surface area (Å²) >= 11 is 0. The third-order valence-electron chi connectivity index (χ3n) is 4.99. The fourth-order valence-corrected chi connectivity index (χ4v) is 3.74. The number of carbonyl (C=O) groups is 1. The highest BCUT2D eigenvalue weighted by Crippen LogP contribution is 2.29. The fraction of sp³-hybridized carbons (Fsp3) is 0.944. The number of ether oxygens (including phenoxy) is 2. The van der Waals surface area contributed by atoms with Crippen LogP contribution in [0.3, 0.4) is 0 Å². The maximum absolute atomic E-state index is 12.4. The molecule has 2 aliphatic rings. The van der Waals surface area contributed by atoms with E-state index in [1.54, 1.807) is 0 Å². The highest BCUT2D eigenvalue weighted by Gasteiger charge is 2.33. The summed E-state index contributed by atoms with van der Waals surface area (Å²) in [5.74, 6) is 1.39. The lowest BCUT2D eigenvalue weighted by atomic mass is 9.78. The molecular formula is C18H34N2O3. The van der Waals surface area contributed by atoms with Crippen molar-refractivity contribution in [2.24, 2.45) is 11.8 Å². The van der Waals surface area contributed by atoms with Crippen LogP contribution < -0.4 is 5.32 Å². The maximum Gasteiger partial charge on any atom is 0.410 e. The summed E-state index contributed by atoms with van der Waals surface area (Å²) < 4.78 is 11.1. The summed E-state index contributed by atoms with van der Waals surface area (Å²) in [6, 6.07) is 0.589. The molecule has 0 aromatic heterocycles. The standard InChI is InChI=1S/C18H34N2O3/c1-13-7-6-8-14(2)16(13)19-11-15-12-22-10-9-20(15)17(21)23-18(3,4)5/h13-16,19H,6-12H2,1-5H3. The van der Waals surface area contributed by atoms with E-state index in [0.717, 1.165) is 6.54 Å². The van der Waals surface area contributed by atoms with Crippen LogP contribution in [0.15, 0.2) is 0 Å². The Kier molecular flexibility index (Phi) is 6.32. The first-order valence-corrected chi connectivity index (χ1v) is 9.08. The van der Waals surface area contributed by atoms with E-state index in [-0.39, 0.29) is 12.1 Å². The molecule has 0 spiro atoms. The number of morpholine rings is 1. The van der Waals surface area contributed by atoms with E-state index >= 15 is 0 Å². The summed E-state index contributed by atoms with van der Waals surface area (Å²) in [4.78, 5) is 14.3. The molecule has 1 saturated carbocycles. The van der Waals surface area contributed by atoms with Crippen molar-refractivity contribution in [3.8, 4) is 0 Å². The van der Waals surface area contributed by atoms with E-state index in [0.29, 0.717) is 37.6 Å². The summed E-state index contributed by atoms with van der Waals surface area (Å²) in [6.07, 6.45) is 3.69. The summed E-state index contributed by atoms with van der Waals surface area (Å²) in [7, 11) is 0. The van der Waals surface area contributed by atoms with Crippen LogP contribution in [0, 0.1) is 11.8 Å². The zero-order chi connectivity index (χ0) is 17.0. The van der Waals surface area contributed by atoms with E-state index in [4.69, 9.17) is 9.47 Å². The van der Waals surface area contributed by atoms with Gasteiger partial charge in [0.2, 0.25) is 0 Å². The molecular weight excluding hydrogens is 292 g/mol. The zero-order valence-electron chi connectivity index (χ0n) is 15.4. The predicted octanol–water partition coefficient (Wildman–Crippen LogP) is 3.04. The largest absolute Gasteiger partial charge is 0.444 e. The van der Waals surface area contributed by atoms with Gasteiger partial charge < -0.3 is 14.8 Å². The Morgan fingerprint density at radius 2 is 1.91 bits per heavy atom. The van der Waals surface area contributed by atoms with Gasteiger partial charge in [-0.15, -0.1) is 0 Å². The van der Waals surface area contributed by atoms with Gasteiger partial charge >= 0.3 is 6.09 Å². The smallest absolute Gasteiger partial charge is 0.410 e. The quantitative estimate of drug-likeness (QED) is 0.866. The first kappa shape index (κ1) is 18.5. The van der Waals surface area contributed by atoms with Gasteiger partial charge in [0.15, 0.2) is 0 Å². The van der Waals surface area contributed by atoms with Gasteiger partial charge in [0.25, 0.3) is 0 Å². The maximum atomic E-state index is 12.4. The molecule has 2 fully saturated rings.